The normalized spacial score (nSPS) is 13.4. The Balaban J connectivity index is 0.00000320. The molecule has 2 amide bonds. The topological polar surface area (TPSA) is 131 Å². The molecule has 3 aromatic carbocycles. The van der Waals surface area contributed by atoms with Gasteiger partial charge in [-0.05, 0) is 48.9 Å². The van der Waals surface area contributed by atoms with Gasteiger partial charge in [0, 0.05) is 22.2 Å². The average Bonchev–Trinajstić information content (AvgIpc) is 3.33. The quantitative estimate of drug-likeness (QED) is 0.329. The SMILES string of the molecule is Cl.NCCc1ccccc1-c1ncc(CNC(=O)c2ccc3c(c2)NC(=O)c2ccccc2S3(=O)=O)s1. The molecular weight excluding hydrogens is 532 g/mol. The smallest absolute Gasteiger partial charge is 0.257 e. The van der Waals surface area contributed by atoms with Crippen LogP contribution in [-0.4, -0.2) is 31.8 Å². The van der Waals surface area contributed by atoms with Gasteiger partial charge in [0.25, 0.3) is 11.8 Å². The van der Waals surface area contributed by atoms with Gasteiger partial charge in [-0.3, -0.25) is 9.59 Å². The molecule has 1 aliphatic rings. The highest BCUT2D eigenvalue weighted by Crippen LogP contribution is 2.34. The molecule has 2 heterocycles. The predicted molar refractivity (Wildman–Crippen MR) is 145 cm³/mol. The lowest BCUT2D eigenvalue weighted by atomic mass is 10.1. The van der Waals surface area contributed by atoms with Crippen LogP contribution in [0.15, 0.2) is 82.7 Å². The van der Waals surface area contributed by atoms with Crippen molar-refractivity contribution in [1.82, 2.24) is 10.3 Å². The molecule has 8 nitrogen and oxygen atoms in total. The highest BCUT2D eigenvalue weighted by Gasteiger charge is 2.31. The number of aromatic nitrogens is 1. The van der Waals surface area contributed by atoms with Gasteiger partial charge in [0.1, 0.15) is 5.01 Å². The number of carbonyl (C=O) groups is 2. The van der Waals surface area contributed by atoms with Crippen molar-refractivity contribution >= 4 is 51.1 Å². The highest BCUT2D eigenvalue weighted by atomic mass is 35.5. The number of benzene rings is 3. The summed E-state index contributed by atoms with van der Waals surface area (Å²) < 4.78 is 26.3. The molecule has 4 N–H and O–H groups in total. The number of fused-ring (bicyclic) bond motifs is 2. The maximum Gasteiger partial charge on any atom is 0.257 e. The number of hydrogen-bond donors (Lipinski definition) is 3. The summed E-state index contributed by atoms with van der Waals surface area (Å²) in [5.41, 5.74) is 8.23. The van der Waals surface area contributed by atoms with E-state index in [9.17, 15) is 18.0 Å². The summed E-state index contributed by atoms with van der Waals surface area (Å²) in [6.45, 7) is 0.794. The van der Waals surface area contributed by atoms with E-state index in [2.05, 4.69) is 15.6 Å². The van der Waals surface area contributed by atoms with Gasteiger partial charge in [0.2, 0.25) is 9.84 Å². The lowest BCUT2D eigenvalue weighted by Crippen LogP contribution is -2.22. The summed E-state index contributed by atoms with van der Waals surface area (Å²) in [4.78, 5) is 30.8. The maximum absolute atomic E-state index is 13.1. The number of anilines is 1. The molecule has 190 valence electrons. The first-order valence-electron chi connectivity index (χ1n) is 11.2. The number of halogens is 1. The number of nitrogens with one attached hydrogen (secondary N) is 2. The first-order valence-corrected chi connectivity index (χ1v) is 13.5. The van der Waals surface area contributed by atoms with Crippen LogP contribution >= 0.6 is 23.7 Å². The second-order valence-electron chi connectivity index (χ2n) is 8.17. The standard InChI is InChI=1S/C26H22N4O4S2.ClH/c27-12-11-16-5-1-2-6-19(16)26-29-15-18(35-26)14-28-24(31)17-9-10-23-21(13-17)30-25(32)20-7-3-4-8-22(20)36(23,33)34;/h1-10,13,15H,11-12,14,27H2,(H,28,31)(H,30,32);1H. The number of hydrogen-bond acceptors (Lipinski definition) is 7. The zero-order chi connectivity index (χ0) is 25.3. The molecule has 5 rings (SSSR count). The van der Waals surface area contributed by atoms with E-state index in [1.54, 1.807) is 18.3 Å². The third-order valence-electron chi connectivity index (χ3n) is 5.84. The zero-order valence-corrected chi connectivity index (χ0v) is 21.9. The van der Waals surface area contributed by atoms with Crippen LogP contribution in [0.2, 0.25) is 0 Å². The van der Waals surface area contributed by atoms with Gasteiger partial charge in [0.05, 0.1) is 27.6 Å². The Morgan fingerprint density at radius 1 is 1.00 bits per heavy atom. The van der Waals surface area contributed by atoms with Crippen molar-refractivity contribution in [3.63, 3.8) is 0 Å². The van der Waals surface area contributed by atoms with Crippen molar-refractivity contribution in [2.75, 3.05) is 11.9 Å². The summed E-state index contributed by atoms with van der Waals surface area (Å²) in [6, 6.07) is 18.1. The van der Waals surface area contributed by atoms with E-state index < -0.39 is 21.7 Å². The summed E-state index contributed by atoms with van der Waals surface area (Å²) in [7, 11) is -3.93. The first kappa shape index (κ1) is 26.5. The van der Waals surface area contributed by atoms with Crippen molar-refractivity contribution < 1.29 is 18.0 Å². The lowest BCUT2D eigenvalue weighted by molar-refractivity contribution is 0.0949. The molecule has 4 aromatic rings. The van der Waals surface area contributed by atoms with Crippen molar-refractivity contribution in [1.29, 1.82) is 0 Å². The third-order valence-corrected chi connectivity index (χ3v) is 8.74. The summed E-state index contributed by atoms with van der Waals surface area (Å²) in [5, 5.41) is 6.31. The van der Waals surface area contributed by atoms with Crippen molar-refractivity contribution in [3.05, 3.63) is 94.5 Å². The Bertz CT molecular complexity index is 1600. The van der Waals surface area contributed by atoms with Gasteiger partial charge in [-0.15, -0.1) is 23.7 Å². The third kappa shape index (κ3) is 5.14. The molecule has 0 aliphatic carbocycles. The molecule has 11 heteroatoms. The van der Waals surface area contributed by atoms with Crippen LogP contribution in [0.4, 0.5) is 5.69 Å². The van der Waals surface area contributed by atoms with Crippen LogP contribution in [0.5, 0.6) is 0 Å². The van der Waals surface area contributed by atoms with Crippen molar-refractivity contribution in [2.24, 2.45) is 5.73 Å². The van der Waals surface area contributed by atoms with Crippen LogP contribution in [0.3, 0.4) is 0 Å². The van der Waals surface area contributed by atoms with E-state index in [0.29, 0.717) is 6.54 Å². The first-order chi connectivity index (χ1) is 17.4. The Morgan fingerprint density at radius 3 is 2.51 bits per heavy atom. The fraction of sp³-hybridized carbons (Fsp3) is 0.115. The second-order valence-corrected chi connectivity index (χ2v) is 11.2. The zero-order valence-electron chi connectivity index (χ0n) is 19.4. The van der Waals surface area contributed by atoms with Gasteiger partial charge in [-0.2, -0.15) is 0 Å². The van der Waals surface area contributed by atoms with Gasteiger partial charge < -0.3 is 16.4 Å². The average molecular weight is 555 g/mol. The van der Waals surface area contributed by atoms with E-state index in [1.807, 2.05) is 24.3 Å². The number of sulfone groups is 1. The minimum Gasteiger partial charge on any atom is -0.347 e. The molecule has 0 unspecified atom stereocenters. The molecule has 0 fully saturated rings. The number of nitrogens with zero attached hydrogens (tertiary/aromatic N) is 1. The molecule has 37 heavy (non-hydrogen) atoms. The van der Waals surface area contributed by atoms with Gasteiger partial charge in [0.15, 0.2) is 0 Å². The van der Waals surface area contributed by atoms with Gasteiger partial charge in [-0.1, -0.05) is 36.4 Å². The predicted octanol–water partition coefficient (Wildman–Crippen LogP) is 4.06. The molecule has 0 bridgehead atoms. The fourth-order valence-corrected chi connectivity index (χ4v) is 6.59. The Kier molecular flexibility index (Phi) is 7.74. The number of rotatable bonds is 6. The fourth-order valence-electron chi connectivity index (χ4n) is 4.09. The van der Waals surface area contributed by atoms with Crippen molar-refractivity contribution in [2.45, 2.75) is 22.8 Å². The van der Waals surface area contributed by atoms with E-state index >= 15 is 0 Å². The Labute approximate surface area is 224 Å². The van der Waals surface area contributed by atoms with Crippen LogP contribution < -0.4 is 16.4 Å². The molecule has 1 aromatic heterocycles. The number of amides is 2. The molecule has 1 aliphatic heterocycles. The summed E-state index contributed by atoms with van der Waals surface area (Å²) >= 11 is 1.48. The van der Waals surface area contributed by atoms with E-state index in [4.69, 9.17) is 5.73 Å². The van der Waals surface area contributed by atoms with Crippen LogP contribution in [0.25, 0.3) is 10.6 Å². The molecule has 0 atom stereocenters. The van der Waals surface area contributed by atoms with Crippen LogP contribution in [0, 0.1) is 0 Å². The monoisotopic (exact) mass is 554 g/mol. The van der Waals surface area contributed by atoms with Crippen LogP contribution in [0.1, 0.15) is 31.2 Å². The second kappa shape index (κ2) is 10.8. The minimum atomic E-state index is -3.93. The van der Waals surface area contributed by atoms with Crippen molar-refractivity contribution in [3.8, 4) is 10.6 Å². The van der Waals surface area contributed by atoms with E-state index in [-0.39, 0.29) is 45.6 Å². The Hall–Kier alpha value is -3.57. The molecular formula is C26H23ClN4O4S2. The molecule has 0 spiro atoms. The number of carbonyl (C=O) groups excluding carboxylic acids is 2. The maximum atomic E-state index is 13.1. The Morgan fingerprint density at radius 2 is 1.73 bits per heavy atom. The number of thiazole rings is 1. The number of nitrogens with two attached hydrogens (primary N) is 1. The largest absolute Gasteiger partial charge is 0.347 e. The van der Waals surface area contributed by atoms with Gasteiger partial charge >= 0.3 is 0 Å². The summed E-state index contributed by atoms with van der Waals surface area (Å²) in [5.74, 6) is -0.942. The summed E-state index contributed by atoms with van der Waals surface area (Å²) in [6.07, 6.45) is 2.47. The van der Waals surface area contributed by atoms with Crippen LogP contribution in [-0.2, 0) is 22.8 Å². The lowest BCUT2D eigenvalue weighted by Gasteiger charge is -2.10. The highest BCUT2D eigenvalue weighted by molar-refractivity contribution is 7.91. The minimum absolute atomic E-state index is 0. The van der Waals surface area contributed by atoms with Gasteiger partial charge in [-0.25, -0.2) is 13.4 Å². The molecule has 0 saturated carbocycles. The van der Waals surface area contributed by atoms with E-state index in [1.165, 1.54) is 41.7 Å². The van der Waals surface area contributed by atoms with E-state index in [0.717, 1.165) is 27.4 Å². The molecule has 0 saturated heterocycles. The molecule has 0 radical (unpaired) electrons.